The summed E-state index contributed by atoms with van der Waals surface area (Å²) in [5, 5.41) is 10.2. The van der Waals surface area contributed by atoms with Crippen molar-refractivity contribution in [2.75, 3.05) is 0 Å². The maximum atomic E-state index is 10.2. The Kier molecular flexibility index (Phi) is 1.80. The minimum absolute atomic E-state index is 0.442. The second-order valence-corrected chi connectivity index (χ2v) is 5.93. The van der Waals surface area contributed by atoms with Crippen LogP contribution >= 0.6 is 11.3 Å². The van der Waals surface area contributed by atoms with E-state index in [1.165, 1.54) is 36.1 Å². The highest BCUT2D eigenvalue weighted by Crippen LogP contribution is 2.54. The number of aryl methyl sites for hydroxylation is 2. The first-order valence-electron chi connectivity index (χ1n) is 5.54. The van der Waals surface area contributed by atoms with Gasteiger partial charge in [0.1, 0.15) is 5.60 Å². The molecule has 1 nitrogen and oxygen atoms in total. The Morgan fingerprint density at radius 2 is 2.14 bits per heavy atom. The lowest BCUT2D eigenvalue weighted by Gasteiger charge is -2.08. The summed E-state index contributed by atoms with van der Waals surface area (Å²) < 4.78 is 0. The molecule has 2 heteroatoms. The van der Waals surface area contributed by atoms with Crippen molar-refractivity contribution in [2.45, 2.75) is 44.6 Å². The third kappa shape index (κ3) is 1.17. The Labute approximate surface area is 88.8 Å². The van der Waals surface area contributed by atoms with Crippen LogP contribution in [0.5, 0.6) is 0 Å². The van der Waals surface area contributed by atoms with Gasteiger partial charge in [-0.05, 0) is 49.7 Å². The average Bonchev–Trinajstić information content (AvgIpc) is 2.66. The van der Waals surface area contributed by atoms with E-state index >= 15 is 0 Å². The zero-order valence-corrected chi connectivity index (χ0v) is 9.36. The lowest BCUT2D eigenvalue weighted by Crippen LogP contribution is -2.04. The second kappa shape index (κ2) is 2.83. The molecular weight excluding hydrogens is 192 g/mol. The van der Waals surface area contributed by atoms with Gasteiger partial charge in [0.05, 0.1) is 0 Å². The minimum Gasteiger partial charge on any atom is -0.384 e. The van der Waals surface area contributed by atoms with Gasteiger partial charge >= 0.3 is 0 Å². The fraction of sp³-hybridized carbons (Fsp3) is 0.667. The maximum Gasteiger partial charge on any atom is 0.102 e. The summed E-state index contributed by atoms with van der Waals surface area (Å²) in [6, 6.07) is 2.27. The van der Waals surface area contributed by atoms with Crippen molar-refractivity contribution in [1.29, 1.82) is 0 Å². The van der Waals surface area contributed by atoms with Gasteiger partial charge in [-0.2, -0.15) is 0 Å². The van der Waals surface area contributed by atoms with E-state index in [4.69, 9.17) is 0 Å². The predicted octanol–water partition coefficient (Wildman–Crippen LogP) is 2.85. The lowest BCUT2D eigenvalue weighted by molar-refractivity contribution is 0.138. The summed E-state index contributed by atoms with van der Waals surface area (Å²) in [4.78, 5) is 2.77. The molecule has 2 aliphatic rings. The zero-order valence-electron chi connectivity index (χ0n) is 8.55. The van der Waals surface area contributed by atoms with Gasteiger partial charge in [0.2, 0.25) is 0 Å². The number of fused-ring (bicyclic) bond motifs is 1. The van der Waals surface area contributed by atoms with E-state index in [1.807, 2.05) is 11.3 Å². The number of rotatable bonds is 1. The van der Waals surface area contributed by atoms with Crippen molar-refractivity contribution in [3.8, 4) is 0 Å². The highest BCUT2D eigenvalue weighted by Gasteiger charge is 2.52. The first-order chi connectivity index (χ1) is 6.70. The molecule has 0 bridgehead atoms. The third-order valence-electron chi connectivity index (χ3n) is 3.70. The van der Waals surface area contributed by atoms with E-state index in [0.29, 0.717) is 5.92 Å². The maximum absolute atomic E-state index is 10.2. The highest BCUT2D eigenvalue weighted by molar-refractivity contribution is 7.12. The smallest absolute Gasteiger partial charge is 0.102 e. The van der Waals surface area contributed by atoms with E-state index in [-0.39, 0.29) is 0 Å². The Hall–Kier alpha value is -0.340. The molecule has 2 aliphatic carbocycles. The Morgan fingerprint density at radius 1 is 1.43 bits per heavy atom. The van der Waals surface area contributed by atoms with Gasteiger partial charge in [0.25, 0.3) is 0 Å². The molecule has 0 spiro atoms. The predicted molar refractivity (Wildman–Crippen MR) is 58.6 cm³/mol. The van der Waals surface area contributed by atoms with Crippen molar-refractivity contribution in [3.63, 3.8) is 0 Å². The van der Waals surface area contributed by atoms with E-state index in [0.717, 1.165) is 6.42 Å². The van der Waals surface area contributed by atoms with Crippen molar-refractivity contribution in [3.05, 3.63) is 21.4 Å². The standard InChI is InChI=1S/C12H16OS/c1-8-7-12(8,13)11-6-9-4-2-3-5-10(9)14-11/h6,8,13H,2-5,7H2,1H3. The van der Waals surface area contributed by atoms with Gasteiger partial charge < -0.3 is 5.11 Å². The quantitative estimate of drug-likeness (QED) is 0.752. The first kappa shape index (κ1) is 8.93. The third-order valence-corrected chi connectivity index (χ3v) is 5.10. The summed E-state index contributed by atoms with van der Waals surface area (Å²) >= 11 is 1.86. The number of aliphatic hydroxyl groups is 1. The van der Waals surface area contributed by atoms with Gasteiger partial charge in [-0.3, -0.25) is 0 Å². The monoisotopic (exact) mass is 208 g/mol. The molecule has 1 heterocycles. The summed E-state index contributed by atoms with van der Waals surface area (Å²) in [6.07, 6.45) is 6.10. The van der Waals surface area contributed by atoms with Gasteiger partial charge in [0.15, 0.2) is 0 Å². The molecule has 14 heavy (non-hydrogen) atoms. The fourth-order valence-corrected chi connectivity index (χ4v) is 3.92. The van der Waals surface area contributed by atoms with Crippen LogP contribution in [-0.2, 0) is 18.4 Å². The SMILES string of the molecule is CC1CC1(O)c1cc2c(s1)CCCC2. The fourth-order valence-electron chi connectivity index (χ4n) is 2.46. The molecule has 0 amide bonds. The molecule has 76 valence electrons. The molecule has 0 aliphatic heterocycles. The van der Waals surface area contributed by atoms with Crippen LogP contribution in [0.15, 0.2) is 6.07 Å². The molecule has 3 rings (SSSR count). The van der Waals surface area contributed by atoms with Gasteiger partial charge in [0, 0.05) is 9.75 Å². The summed E-state index contributed by atoms with van der Waals surface area (Å²) in [5.74, 6) is 0.475. The van der Waals surface area contributed by atoms with Crippen LogP contribution in [-0.4, -0.2) is 5.11 Å². The molecule has 2 unspecified atom stereocenters. The first-order valence-corrected chi connectivity index (χ1v) is 6.36. The molecule has 0 aromatic carbocycles. The number of hydrogen-bond acceptors (Lipinski definition) is 2. The van der Waals surface area contributed by atoms with Gasteiger partial charge in [-0.1, -0.05) is 6.92 Å². The minimum atomic E-state index is -0.442. The summed E-state index contributed by atoms with van der Waals surface area (Å²) in [5.41, 5.74) is 1.07. The molecule has 1 aromatic heterocycles. The summed E-state index contributed by atoms with van der Waals surface area (Å²) in [6.45, 7) is 2.14. The molecule has 1 saturated carbocycles. The lowest BCUT2D eigenvalue weighted by atomic mass is 9.99. The molecule has 1 fully saturated rings. The number of thiophene rings is 1. The Bertz CT molecular complexity index is 345. The molecule has 0 radical (unpaired) electrons. The van der Waals surface area contributed by atoms with Crippen molar-refractivity contribution in [2.24, 2.45) is 5.92 Å². The van der Waals surface area contributed by atoms with Crippen molar-refractivity contribution >= 4 is 11.3 Å². The van der Waals surface area contributed by atoms with E-state index in [2.05, 4.69) is 13.0 Å². The number of hydrogen-bond donors (Lipinski definition) is 1. The van der Waals surface area contributed by atoms with Crippen LogP contribution in [0.25, 0.3) is 0 Å². The van der Waals surface area contributed by atoms with E-state index < -0.39 is 5.60 Å². The molecular formula is C12H16OS. The molecule has 1 N–H and O–H groups in total. The Morgan fingerprint density at radius 3 is 2.79 bits per heavy atom. The van der Waals surface area contributed by atoms with Crippen LogP contribution in [0.3, 0.4) is 0 Å². The van der Waals surface area contributed by atoms with E-state index in [1.54, 1.807) is 4.88 Å². The summed E-state index contributed by atoms with van der Waals surface area (Å²) in [7, 11) is 0. The van der Waals surface area contributed by atoms with Crippen LogP contribution in [0.1, 0.15) is 41.5 Å². The zero-order chi connectivity index (χ0) is 9.76. The highest BCUT2D eigenvalue weighted by atomic mass is 32.1. The largest absolute Gasteiger partial charge is 0.384 e. The van der Waals surface area contributed by atoms with Crippen molar-refractivity contribution in [1.82, 2.24) is 0 Å². The normalized spacial score (nSPS) is 35.4. The Balaban J connectivity index is 1.97. The van der Waals surface area contributed by atoms with Crippen LogP contribution < -0.4 is 0 Å². The van der Waals surface area contributed by atoms with Crippen LogP contribution in [0.4, 0.5) is 0 Å². The topological polar surface area (TPSA) is 20.2 Å². The van der Waals surface area contributed by atoms with Crippen LogP contribution in [0.2, 0.25) is 0 Å². The van der Waals surface area contributed by atoms with Gasteiger partial charge in [-0.25, -0.2) is 0 Å². The molecule has 0 saturated heterocycles. The van der Waals surface area contributed by atoms with Crippen LogP contribution in [0, 0.1) is 5.92 Å². The van der Waals surface area contributed by atoms with Crippen molar-refractivity contribution < 1.29 is 5.11 Å². The van der Waals surface area contributed by atoms with E-state index in [9.17, 15) is 5.11 Å². The van der Waals surface area contributed by atoms with Gasteiger partial charge in [-0.15, -0.1) is 11.3 Å². The molecule has 1 aromatic rings. The second-order valence-electron chi connectivity index (χ2n) is 4.80. The average molecular weight is 208 g/mol. The molecule has 2 atom stereocenters.